The van der Waals surface area contributed by atoms with E-state index in [4.69, 9.17) is 5.73 Å². The highest BCUT2D eigenvalue weighted by atomic mass is 16.2. The number of carbonyl (C=O) groups is 1. The van der Waals surface area contributed by atoms with E-state index in [1.54, 1.807) is 0 Å². The van der Waals surface area contributed by atoms with Crippen LogP contribution < -0.4 is 11.1 Å². The van der Waals surface area contributed by atoms with E-state index >= 15 is 0 Å². The monoisotopic (exact) mass is 239 g/mol. The maximum Gasteiger partial charge on any atom is 0.240 e. The highest BCUT2D eigenvalue weighted by Gasteiger charge is 2.40. The maximum absolute atomic E-state index is 11.9. The second-order valence-electron chi connectivity index (χ2n) is 6.31. The zero-order chi connectivity index (χ0) is 12.5. The molecule has 1 saturated heterocycles. The fourth-order valence-corrected chi connectivity index (χ4v) is 2.59. The van der Waals surface area contributed by atoms with Crippen molar-refractivity contribution in [2.45, 2.75) is 44.6 Å². The number of nitrogens with one attached hydrogen (secondary N) is 1. The Hall–Kier alpha value is -0.610. The fraction of sp³-hybridized carbons (Fsp3) is 0.923. The summed E-state index contributed by atoms with van der Waals surface area (Å²) in [4.78, 5) is 14.3. The Labute approximate surface area is 104 Å². The van der Waals surface area contributed by atoms with Gasteiger partial charge in [-0.25, -0.2) is 0 Å². The van der Waals surface area contributed by atoms with E-state index < -0.39 is 5.54 Å². The molecule has 98 valence electrons. The molecule has 0 unspecified atom stereocenters. The summed E-state index contributed by atoms with van der Waals surface area (Å²) < 4.78 is 0. The number of nitrogens with zero attached hydrogens (tertiary/aromatic N) is 1. The van der Waals surface area contributed by atoms with Crippen LogP contribution in [0.1, 0.15) is 39.0 Å². The molecule has 0 aromatic rings. The van der Waals surface area contributed by atoms with Crippen molar-refractivity contribution in [3.63, 3.8) is 0 Å². The average Bonchev–Trinajstić information content (AvgIpc) is 2.27. The van der Waals surface area contributed by atoms with Gasteiger partial charge in [0.2, 0.25) is 5.91 Å². The van der Waals surface area contributed by atoms with Crippen molar-refractivity contribution in [2.24, 2.45) is 11.1 Å². The van der Waals surface area contributed by atoms with Crippen LogP contribution in [0.2, 0.25) is 0 Å². The first-order valence-corrected chi connectivity index (χ1v) is 6.69. The lowest BCUT2D eigenvalue weighted by molar-refractivity contribution is -0.129. The summed E-state index contributed by atoms with van der Waals surface area (Å²) in [5.74, 6) is 0.0592. The number of hydrogen-bond acceptors (Lipinski definition) is 3. The molecule has 2 aliphatic rings. The third-order valence-corrected chi connectivity index (χ3v) is 4.57. The molecule has 1 aliphatic heterocycles. The molecular weight excluding hydrogens is 214 g/mol. The summed E-state index contributed by atoms with van der Waals surface area (Å²) in [6.45, 7) is 5.29. The van der Waals surface area contributed by atoms with Gasteiger partial charge in [-0.2, -0.15) is 0 Å². The highest BCUT2D eigenvalue weighted by Crippen LogP contribution is 2.31. The molecule has 1 saturated carbocycles. The molecule has 0 aromatic carbocycles. The van der Waals surface area contributed by atoms with Gasteiger partial charge in [-0.1, -0.05) is 6.92 Å². The quantitative estimate of drug-likeness (QED) is 0.763. The summed E-state index contributed by atoms with van der Waals surface area (Å²) in [5.41, 5.74) is 5.71. The van der Waals surface area contributed by atoms with Crippen LogP contribution in [0, 0.1) is 5.41 Å². The molecule has 0 radical (unpaired) electrons. The Morgan fingerprint density at radius 3 is 2.35 bits per heavy atom. The van der Waals surface area contributed by atoms with Crippen LogP contribution in [-0.2, 0) is 4.79 Å². The largest absolute Gasteiger partial charge is 0.354 e. The summed E-state index contributed by atoms with van der Waals surface area (Å²) in [6, 6.07) is 0. The number of amides is 1. The predicted molar refractivity (Wildman–Crippen MR) is 68.6 cm³/mol. The zero-order valence-corrected chi connectivity index (χ0v) is 11.1. The molecule has 4 heteroatoms. The van der Waals surface area contributed by atoms with Gasteiger partial charge in [0.05, 0.1) is 5.54 Å². The number of carbonyl (C=O) groups excluding carboxylic acids is 1. The summed E-state index contributed by atoms with van der Waals surface area (Å²) in [6.07, 6.45) is 5.09. The normalized spacial score (nSPS) is 27.2. The molecule has 1 aliphatic carbocycles. The Balaban J connectivity index is 1.79. The summed E-state index contributed by atoms with van der Waals surface area (Å²) in [5, 5.41) is 3.07. The lowest BCUT2D eigenvalue weighted by Crippen LogP contribution is -2.59. The Bertz CT molecular complexity index is 291. The van der Waals surface area contributed by atoms with Gasteiger partial charge in [-0.3, -0.25) is 4.79 Å². The minimum Gasteiger partial charge on any atom is -0.354 e. The third kappa shape index (κ3) is 2.80. The van der Waals surface area contributed by atoms with Crippen LogP contribution in [0.4, 0.5) is 0 Å². The van der Waals surface area contributed by atoms with Crippen LogP contribution >= 0.6 is 0 Å². The van der Waals surface area contributed by atoms with Crippen LogP contribution in [0.25, 0.3) is 0 Å². The van der Waals surface area contributed by atoms with E-state index in [-0.39, 0.29) is 11.3 Å². The van der Waals surface area contributed by atoms with Crippen molar-refractivity contribution in [1.82, 2.24) is 10.2 Å². The Kier molecular flexibility index (Phi) is 3.46. The van der Waals surface area contributed by atoms with Gasteiger partial charge in [-0.15, -0.1) is 0 Å². The van der Waals surface area contributed by atoms with Gasteiger partial charge >= 0.3 is 0 Å². The Morgan fingerprint density at radius 2 is 1.88 bits per heavy atom. The van der Waals surface area contributed by atoms with E-state index in [0.29, 0.717) is 0 Å². The van der Waals surface area contributed by atoms with Gasteiger partial charge < -0.3 is 16.0 Å². The van der Waals surface area contributed by atoms with E-state index in [9.17, 15) is 4.79 Å². The smallest absolute Gasteiger partial charge is 0.240 e. The second-order valence-corrected chi connectivity index (χ2v) is 6.31. The SMILES string of the molecule is CN1CCC(C)(CNC(=O)C2(N)CCC2)CC1. The van der Waals surface area contributed by atoms with E-state index in [1.807, 2.05) is 0 Å². The highest BCUT2D eigenvalue weighted by molar-refractivity contribution is 5.87. The van der Waals surface area contributed by atoms with Crippen LogP contribution in [0.5, 0.6) is 0 Å². The summed E-state index contributed by atoms with van der Waals surface area (Å²) in [7, 11) is 2.15. The lowest BCUT2D eigenvalue weighted by Gasteiger charge is -2.40. The average molecular weight is 239 g/mol. The van der Waals surface area contributed by atoms with Crippen LogP contribution in [-0.4, -0.2) is 43.0 Å². The molecular formula is C13H25N3O. The standard InChI is InChI=1S/C13H25N3O/c1-12(6-8-16(2)9-7-12)10-15-11(17)13(14)4-3-5-13/h3-10,14H2,1-2H3,(H,15,17). The number of nitrogens with two attached hydrogens (primary N) is 1. The first-order valence-electron chi connectivity index (χ1n) is 6.69. The molecule has 4 nitrogen and oxygen atoms in total. The van der Waals surface area contributed by atoms with Gasteiger partial charge in [0, 0.05) is 6.54 Å². The Morgan fingerprint density at radius 1 is 1.29 bits per heavy atom. The van der Waals surface area contributed by atoms with Crippen molar-refractivity contribution in [2.75, 3.05) is 26.7 Å². The van der Waals surface area contributed by atoms with Crippen molar-refractivity contribution < 1.29 is 4.79 Å². The topological polar surface area (TPSA) is 58.4 Å². The van der Waals surface area contributed by atoms with Gasteiger partial charge in [-0.05, 0) is 57.7 Å². The minimum atomic E-state index is -0.554. The molecule has 2 rings (SSSR count). The number of hydrogen-bond donors (Lipinski definition) is 2. The number of piperidine rings is 1. The maximum atomic E-state index is 11.9. The zero-order valence-electron chi connectivity index (χ0n) is 11.1. The molecule has 3 N–H and O–H groups in total. The minimum absolute atomic E-state index is 0.0592. The molecule has 0 bridgehead atoms. The van der Waals surface area contributed by atoms with Gasteiger partial charge in [0.25, 0.3) is 0 Å². The van der Waals surface area contributed by atoms with E-state index in [2.05, 4.69) is 24.2 Å². The lowest BCUT2D eigenvalue weighted by atomic mass is 9.76. The molecule has 17 heavy (non-hydrogen) atoms. The van der Waals surface area contributed by atoms with Crippen molar-refractivity contribution in [1.29, 1.82) is 0 Å². The molecule has 0 aromatic heterocycles. The fourth-order valence-electron chi connectivity index (χ4n) is 2.59. The molecule has 1 heterocycles. The van der Waals surface area contributed by atoms with Gasteiger partial charge in [0.15, 0.2) is 0 Å². The van der Waals surface area contributed by atoms with Crippen molar-refractivity contribution in [3.8, 4) is 0 Å². The first kappa shape index (κ1) is 12.8. The number of rotatable bonds is 3. The molecule has 1 amide bonds. The van der Waals surface area contributed by atoms with Crippen LogP contribution in [0.3, 0.4) is 0 Å². The predicted octanol–water partition coefficient (Wildman–Crippen LogP) is 0.716. The first-order chi connectivity index (χ1) is 7.94. The van der Waals surface area contributed by atoms with Crippen molar-refractivity contribution >= 4 is 5.91 Å². The molecule has 2 fully saturated rings. The van der Waals surface area contributed by atoms with Gasteiger partial charge in [0.1, 0.15) is 0 Å². The molecule has 0 spiro atoms. The number of likely N-dealkylation sites (tertiary alicyclic amines) is 1. The third-order valence-electron chi connectivity index (χ3n) is 4.57. The molecule has 0 atom stereocenters. The summed E-state index contributed by atoms with van der Waals surface area (Å²) >= 11 is 0. The van der Waals surface area contributed by atoms with Crippen LogP contribution in [0.15, 0.2) is 0 Å². The van der Waals surface area contributed by atoms with E-state index in [0.717, 1.165) is 51.7 Å². The van der Waals surface area contributed by atoms with E-state index in [1.165, 1.54) is 0 Å². The second kappa shape index (κ2) is 4.58. The van der Waals surface area contributed by atoms with Crippen molar-refractivity contribution in [3.05, 3.63) is 0 Å².